The van der Waals surface area contributed by atoms with Crippen molar-refractivity contribution in [3.63, 3.8) is 0 Å². The molecule has 0 amide bonds. The van der Waals surface area contributed by atoms with Crippen molar-refractivity contribution in [2.75, 3.05) is 37.8 Å². The summed E-state index contributed by atoms with van der Waals surface area (Å²) in [5, 5.41) is 0. The fourth-order valence-electron chi connectivity index (χ4n) is 3.87. The summed E-state index contributed by atoms with van der Waals surface area (Å²) in [6, 6.07) is 0.165. The average Bonchev–Trinajstić information content (AvgIpc) is 2.57. The summed E-state index contributed by atoms with van der Waals surface area (Å²) < 4.78 is 10.9. The van der Waals surface area contributed by atoms with Gasteiger partial charge in [-0.25, -0.2) is 4.79 Å². The Kier molecular flexibility index (Phi) is 5.99. The number of carbonyl (C=O) groups is 1. The van der Waals surface area contributed by atoms with Crippen molar-refractivity contribution >= 4 is 29.5 Å². The van der Waals surface area contributed by atoms with Crippen molar-refractivity contribution in [3.8, 4) is 0 Å². The van der Waals surface area contributed by atoms with E-state index in [0.717, 1.165) is 62.8 Å². The summed E-state index contributed by atoms with van der Waals surface area (Å²) in [6.07, 6.45) is 4.34. The first-order chi connectivity index (χ1) is 11.2. The van der Waals surface area contributed by atoms with Crippen LogP contribution in [-0.4, -0.2) is 58.8 Å². The first-order valence-electron chi connectivity index (χ1n) is 8.76. The minimum absolute atomic E-state index is 0.0339. The van der Waals surface area contributed by atoms with Crippen LogP contribution in [0.2, 0.25) is 0 Å². The summed E-state index contributed by atoms with van der Waals surface area (Å²) in [4.78, 5) is 15.5. The minimum Gasteiger partial charge on any atom is -0.429 e. The molecule has 130 valence electrons. The molecule has 0 radical (unpaired) electrons. The molecule has 0 aromatic rings. The van der Waals surface area contributed by atoms with Crippen LogP contribution < -0.4 is 0 Å². The molecule has 3 aliphatic rings. The highest BCUT2D eigenvalue weighted by atomic mass is 32.2. The van der Waals surface area contributed by atoms with Crippen LogP contribution in [0.5, 0.6) is 0 Å². The van der Waals surface area contributed by atoms with Crippen molar-refractivity contribution < 1.29 is 14.3 Å². The van der Waals surface area contributed by atoms with Crippen LogP contribution in [0.25, 0.3) is 0 Å². The summed E-state index contributed by atoms with van der Waals surface area (Å²) >= 11 is 3.52. The Bertz CT molecular complexity index is 468. The molecular formula is C17H27NO3S2. The molecule has 6 heteroatoms. The monoisotopic (exact) mass is 357 g/mol. The third kappa shape index (κ3) is 3.32. The first-order valence-corrected chi connectivity index (χ1v) is 10.7. The van der Waals surface area contributed by atoms with Gasteiger partial charge in [-0.1, -0.05) is 13.8 Å². The third-order valence-electron chi connectivity index (χ3n) is 4.78. The number of carbonyl (C=O) groups excluding carboxylic acids is 1. The maximum atomic E-state index is 13.0. The number of rotatable bonds is 5. The second-order valence-electron chi connectivity index (χ2n) is 6.13. The van der Waals surface area contributed by atoms with Crippen LogP contribution in [0.3, 0.4) is 0 Å². The Labute approximate surface area is 147 Å². The predicted octanol–water partition coefficient (Wildman–Crippen LogP) is 3.27. The molecule has 1 atom stereocenters. The fourth-order valence-corrected chi connectivity index (χ4v) is 6.99. The summed E-state index contributed by atoms with van der Waals surface area (Å²) in [7, 11) is 0. The maximum Gasteiger partial charge on any atom is 0.339 e. The van der Waals surface area contributed by atoms with E-state index in [4.69, 9.17) is 9.47 Å². The SMILES string of the molecule is CCSC1(SCC)C(=O)OC2=C(CCCC2)[C@@H]1N1CCOCC1. The normalized spacial score (nSPS) is 28.4. The zero-order valence-electron chi connectivity index (χ0n) is 14.1. The van der Waals surface area contributed by atoms with Crippen LogP contribution in [-0.2, 0) is 14.3 Å². The van der Waals surface area contributed by atoms with E-state index < -0.39 is 4.08 Å². The Balaban J connectivity index is 2.03. The quantitative estimate of drug-likeness (QED) is 0.555. The Morgan fingerprint density at radius 3 is 2.43 bits per heavy atom. The second kappa shape index (κ2) is 7.81. The lowest BCUT2D eigenvalue weighted by molar-refractivity contribution is -0.144. The number of morpholine rings is 1. The molecule has 1 aliphatic carbocycles. The molecule has 1 fully saturated rings. The molecule has 2 heterocycles. The maximum absolute atomic E-state index is 13.0. The molecule has 2 aliphatic heterocycles. The Morgan fingerprint density at radius 2 is 1.78 bits per heavy atom. The van der Waals surface area contributed by atoms with E-state index in [9.17, 15) is 4.79 Å². The zero-order chi connectivity index (χ0) is 16.3. The van der Waals surface area contributed by atoms with Gasteiger partial charge in [0.1, 0.15) is 5.76 Å². The van der Waals surface area contributed by atoms with Gasteiger partial charge in [0.25, 0.3) is 0 Å². The molecule has 0 spiro atoms. The van der Waals surface area contributed by atoms with Gasteiger partial charge in [-0.2, -0.15) is 0 Å². The molecule has 1 saturated heterocycles. The predicted molar refractivity (Wildman–Crippen MR) is 96.8 cm³/mol. The Hall–Kier alpha value is -0.170. The Morgan fingerprint density at radius 1 is 1.13 bits per heavy atom. The lowest BCUT2D eigenvalue weighted by atomic mass is 9.87. The van der Waals surface area contributed by atoms with E-state index in [0.29, 0.717) is 0 Å². The molecule has 0 aromatic heterocycles. The van der Waals surface area contributed by atoms with E-state index in [-0.39, 0.29) is 12.0 Å². The van der Waals surface area contributed by atoms with Gasteiger partial charge in [0, 0.05) is 19.5 Å². The number of hydrogen-bond donors (Lipinski definition) is 0. The van der Waals surface area contributed by atoms with Gasteiger partial charge in [-0.15, -0.1) is 23.5 Å². The smallest absolute Gasteiger partial charge is 0.339 e. The van der Waals surface area contributed by atoms with E-state index in [1.54, 1.807) is 23.5 Å². The van der Waals surface area contributed by atoms with Crippen LogP contribution in [0.4, 0.5) is 0 Å². The van der Waals surface area contributed by atoms with Crippen molar-refractivity contribution in [3.05, 3.63) is 11.3 Å². The molecule has 0 saturated carbocycles. The molecule has 3 rings (SSSR count). The van der Waals surface area contributed by atoms with Crippen LogP contribution in [0.1, 0.15) is 39.5 Å². The van der Waals surface area contributed by atoms with Gasteiger partial charge >= 0.3 is 5.97 Å². The molecule has 23 heavy (non-hydrogen) atoms. The van der Waals surface area contributed by atoms with Crippen LogP contribution in [0.15, 0.2) is 11.3 Å². The van der Waals surface area contributed by atoms with Crippen LogP contribution >= 0.6 is 23.5 Å². The third-order valence-corrected chi connectivity index (χ3v) is 7.70. The van der Waals surface area contributed by atoms with Crippen molar-refractivity contribution in [2.45, 2.75) is 49.7 Å². The molecule has 4 nitrogen and oxygen atoms in total. The lowest BCUT2D eigenvalue weighted by Gasteiger charge is -2.49. The first kappa shape index (κ1) is 17.6. The van der Waals surface area contributed by atoms with E-state index >= 15 is 0 Å². The average molecular weight is 358 g/mol. The number of thioether (sulfide) groups is 2. The van der Waals surface area contributed by atoms with Crippen LogP contribution in [0, 0.1) is 0 Å². The summed E-state index contributed by atoms with van der Waals surface area (Å²) in [5.74, 6) is 2.78. The molecular weight excluding hydrogens is 330 g/mol. The lowest BCUT2D eigenvalue weighted by Crippen LogP contribution is -2.60. The fraction of sp³-hybridized carbons (Fsp3) is 0.824. The molecule has 0 bridgehead atoms. The number of esters is 1. The van der Waals surface area contributed by atoms with Gasteiger partial charge in [0.05, 0.1) is 19.3 Å². The standard InChI is InChI=1S/C17H27NO3S2/c1-3-22-17(23-4-2)15(18-9-11-20-12-10-18)13-7-5-6-8-14(13)21-16(17)19/h15H,3-12H2,1-2H3/t15-/m0/s1. The number of hydrogen-bond acceptors (Lipinski definition) is 6. The van der Waals surface area contributed by atoms with Gasteiger partial charge < -0.3 is 9.47 Å². The van der Waals surface area contributed by atoms with Gasteiger partial charge in [-0.3, -0.25) is 4.90 Å². The molecule has 0 unspecified atom stereocenters. The second-order valence-corrected chi connectivity index (χ2v) is 9.41. The molecule has 0 N–H and O–H groups in total. The minimum atomic E-state index is -0.517. The molecule has 0 aromatic carbocycles. The number of allylic oxidation sites excluding steroid dienone is 1. The van der Waals surface area contributed by atoms with E-state index in [1.165, 1.54) is 12.0 Å². The van der Waals surface area contributed by atoms with Gasteiger partial charge in [0.15, 0.2) is 4.08 Å². The van der Waals surface area contributed by atoms with Crippen molar-refractivity contribution in [1.82, 2.24) is 4.90 Å². The number of nitrogens with zero attached hydrogens (tertiary/aromatic N) is 1. The van der Waals surface area contributed by atoms with E-state index in [1.807, 2.05) is 0 Å². The number of ether oxygens (including phenoxy) is 2. The van der Waals surface area contributed by atoms with Gasteiger partial charge in [0.2, 0.25) is 0 Å². The van der Waals surface area contributed by atoms with Crippen molar-refractivity contribution in [1.29, 1.82) is 0 Å². The highest BCUT2D eigenvalue weighted by Gasteiger charge is 2.55. The van der Waals surface area contributed by atoms with Crippen molar-refractivity contribution in [2.24, 2.45) is 0 Å². The largest absolute Gasteiger partial charge is 0.429 e. The zero-order valence-corrected chi connectivity index (χ0v) is 15.8. The van der Waals surface area contributed by atoms with Gasteiger partial charge in [-0.05, 0) is 36.3 Å². The highest BCUT2D eigenvalue weighted by molar-refractivity contribution is 8.19. The highest BCUT2D eigenvalue weighted by Crippen LogP contribution is 2.51. The summed E-state index contributed by atoms with van der Waals surface area (Å²) in [5.41, 5.74) is 1.39. The van der Waals surface area contributed by atoms with E-state index in [2.05, 4.69) is 18.7 Å². The topological polar surface area (TPSA) is 38.8 Å². The summed E-state index contributed by atoms with van der Waals surface area (Å²) in [6.45, 7) is 7.61.